The normalized spacial score (nSPS) is 10.1. The predicted octanol–water partition coefficient (Wildman–Crippen LogP) is 0.620. The fraction of sp³-hybridized carbons (Fsp3) is 0.167. The molecule has 0 aliphatic carbocycles. The number of hydrogen-bond donors (Lipinski definition) is 2. The van der Waals surface area contributed by atoms with E-state index in [1.807, 2.05) is 0 Å². The summed E-state index contributed by atoms with van der Waals surface area (Å²) in [7, 11) is 1.30. The summed E-state index contributed by atoms with van der Waals surface area (Å²) in [5, 5.41) is 9.53. The third kappa shape index (κ3) is 3.10. The number of nitrogen functional groups attached to an aromatic ring is 1. The average Bonchev–Trinajstić information content (AvgIpc) is 2.84. The van der Waals surface area contributed by atoms with Gasteiger partial charge in [0.15, 0.2) is 5.82 Å². The Morgan fingerprint density at radius 1 is 1.30 bits per heavy atom. The molecule has 1 heterocycles. The Morgan fingerprint density at radius 3 is 2.55 bits per heavy atom. The van der Waals surface area contributed by atoms with Crippen molar-refractivity contribution in [2.75, 3.05) is 18.2 Å². The first-order valence-electron chi connectivity index (χ1n) is 5.65. The Balaban J connectivity index is 1.98. The topological polar surface area (TPSA) is 120 Å². The summed E-state index contributed by atoms with van der Waals surface area (Å²) in [5.74, 6) is -0.677. The molecule has 3 N–H and O–H groups in total. The van der Waals surface area contributed by atoms with Crippen LogP contribution in [0.1, 0.15) is 16.1 Å². The van der Waals surface area contributed by atoms with E-state index in [0.29, 0.717) is 11.3 Å². The van der Waals surface area contributed by atoms with Gasteiger partial charge in [-0.2, -0.15) is 0 Å². The quantitative estimate of drug-likeness (QED) is 0.785. The molecule has 104 valence electrons. The molecular weight excluding hydrogens is 264 g/mol. The van der Waals surface area contributed by atoms with E-state index in [1.165, 1.54) is 7.11 Å². The summed E-state index contributed by atoms with van der Waals surface area (Å²) in [6, 6.07) is 6.28. The van der Waals surface area contributed by atoms with Crippen LogP contribution in [0.4, 0.5) is 11.5 Å². The molecule has 1 aromatic carbocycles. The summed E-state index contributed by atoms with van der Waals surface area (Å²) in [6.07, 6.45) is -0.0475. The lowest BCUT2D eigenvalue weighted by Crippen LogP contribution is -2.15. The Kier molecular flexibility index (Phi) is 3.94. The molecule has 20 heavy (non-hydrogen) atoms. The number of nitrogens with zero attached hydrogens (tertiary/aromatic N) is 2. The molecule has 0 radical (unpaired) electrons. The van der Waals surface area contributed by atoms with Gasteiger partial charge in [-0.1, -0.05) is 5.16 Å². The number of nitrogens with two attached hydrogens (primary N) is 1. The van der Waals surface area contributed by atoms with Gasteiger partial charge in [-0.3, -0.25) is 4.79 Å². The standard InChI is InChI=1S/C12H12N4O4/c1-19-12(18)7-2-4-8(5-3-7)14-10(17)6-9-11(13)16-20-15-9/h2-5H,6H2,1H3,(H2,13,16)(H,14,17). The predicted molar refractivity (Wildman–Crippen MR) is 68.8 cm³/mol. The highest BCUT2D eigenvalue weighted by atomic mass is 16.6. The van der Waals surface area contributed by atoms with Crippen molar-refractivity contribution in [2.45, 2.75) is 6.42 Å². The van der Waals surface area contributed by atoms with E-state index in [1.54, 1.807) is 24.3 Å². The second-order valence-electron chi connectivity index (χ2n) is 3.89. The highest BCUT2D eigenvalue weighted by Gasteiger charge is 2.12. The molecule has 0 aliphatic heterocycles. The van der Waals surface area contributed by atoms with Crippen molar-refractivity contribution in [3.05, 3.63) is 35.5 Å². The van der Waals surface area contributed by atoms with Crippen LogP contribution in [-0.4, -0.2) is 29.3 Å². The summed E-state index contributed by atoms with van der Waals surface area (Å²) in [5.41, 5.74) is 6.66. The third-order valence-electron chi connectivity index (χ3n) is 2.50. The minimum atomic E-state index is -0.440. The average molecular weight is 276 g/mol. The van der Waals surface area contributed by atoms with Crippen LogP contribution in [-0.2, 0) is 16.0 Å². The van der Waals surface area contributed by atoms with E-state index in [9.17, 15) is 9.59 Å². The number of methoxy groups -OCH3 is 1. The first-order valence-corrected chi connectivity index (χ1v) is 5.65. The summed E-state index contributed by atoms with van der Waals surface area (Å²) < 4.78 is 8.97. The van der Waals surface area contributed by atoms with Gasteiger partial charge in [-0.15, -0.1) is 0 Å². The fourth-order valence-corrected chi connectivity index (χ4v) is 1.50. The Bertz CT molecular complexity index is 621. The van der Waals surface area contributed by atoms with E-state index in [-0.39, 0.29) is 23.8 Å². The number of carbonyl (C=O) groups excluding carboxylic acids is 2. The molecular formula is C12H12N4O4. The monoisotopic (exact) mass is 276 g/mol. The number of esters is 1. The van der Waals surface area contributed by atoms with Crippen molar-refractivity contribution in [1.29, 1.82) is 0 Å². The van der Waals surface area contributed by atoms with Crippen molar-refractivity contribution in [2.24, 2.45) is 0 Å². The third-order valence-corrected chi connectivity index (χ3v) is 2.50. The zero-order chi connectivity index (χ0) is 14.5. The van der Waals surface area contributed by atoms with Crippen LogP contribution < -0.4 is 11.1 Å². The molecule has 1 aromatic heterocycles. The maximum absolute atomic E-state index is 11.7. The molecule has 0 spiro atoms. The van der Waals surface area contributed by atoms with Crippen molar-refractivity contribution < 1.29 is 19.0 Å². The molecule has 0 unspecified atom stereocenters. The second-order valence-corrected chi connectivity index (χ2v) is 3.89. The number of amides is 1. The highest BCUT2D eigenvalue weighted by molar-refractivity contribution is 5.94. The van der Waals surface area contributed by atoms with E-state index in [0.717, 1.165) is 0 Å². The van der Waals surface area contributed by atoms with Crippen LogP contribution >= 0.6 is 0 Å². The van der Waals surface area contributed by atoms with Gasteiger partial charge in [-0.25, -0.2) is 9.42 Å². The van der Waals surface area contributed by atoms with Crippen molar-refractivity contribution in [1.82, 2.24) is 10.3 Å². The molecule has 0 saturated carbocycles. The van der Waals surface area contributed by atoms with Gasteiger partial charge in [0.2, 0.25) is 5.91 Å². The van der Waals surface area contributed by atoms with E-state index >= 15 is 0 Å². The van der Waals surface area contributed by atoms with Gasteiger partial charge in [0, 0.05) is 5.69 Å². The minimum absolute atomic E-state index is 0.0475. The van der Waals surface area contributed by atoms with Crippen LogP contribution in [0.2, 0.25) is 0 Å². The first kappa shape index (κ1) is 13.5. The molecule has 8 nitrogen and oxygen atoms in total. The van der Waals surface area contributed by atoms with Gasteiger partial charge in [0.1, 0.15) is 5.69 Å². The number of benzene rings is 1. The molecule has 0 atom stereocenters. The van der Waals surface area contributed by atoms with Gasteiger partial charge in [-0.05, 0) is 29.4 Å². The molecule has 0 aliphatic rings. The van der Waals surface area contributed by atoms with E-state index in [4.69, 9.17) is 5.73 Å². The van der Waals surface area contributed by atoms with Gasteiger partial charge >= 0.3 is 5.97 Å². The minimum Gasteiger partial charge on any atom is -0.465 e. The van der Waals surface area contributed by atoms with E-state index in [2.05, 4.69) is 25.0 Å². The molecule has 0 bridgehead atoms. The summed E-state index contributed by atoms with van der Waals surface area (Å²) >= 11 is 0. The Morgan fingerprint density at radius 2 is 2.00 bits per heavy atom. The number of ether oxygens (including phenoxy) is 1. The second kappa shape index (κ2) is 5.83. The lowest BCUT2D eigenvalue weighted by molar-refractivity contribution is -0.115. The lowest BCUT2D eigenvalue weighted by atomic mass is 10.2. The van der Waals surface area contributed by atoms with Crippen molar-refractivity contribution in [3.8, 4) is 0 Å². The number of hydrogen-bond acceptors (Lipinski definition) is 7. The summed E-state index contributed by atoms with van der Waals surface area (Å²) in [6.45, 7) is 0. The van der Waals surface area contributed by atoms with Crippen LogP contribution in [0, 0.1) is 0 Å². The molecule has 2 aromatic rings. The van der Waals surface area contributed by atoms with Gasteiger partial charge in [0.05, 0.1) is 19.1 Å². The first-order chi connectivity index (χ1) is 9.60. The van der Waals surface area contributed by atoms with Gasteiger partial charge in [0.25, 0.3) is 0 Å². The Labute approximate surface area is 113 Å². The summed E-state index contributed by atoms with van der Waals surface area (Å²) in [4.78, 5) is 23.0. The number of anilines is 2. The van der Waals surface area contributed by atoms with Crippen molar-refractivity contribution >= 4 is 23.4 Å². The fourth-order valence-electron chi connectivity index (χ4n) is 1.50. The number of aromatic nitrogens is 2. The maximum atomic E-state index is 11.7. The number of nitrogens with one attached hydrogen (secondary N) is 1. The van der Waals surface area contributed by atoms with E-state index < -0.39 is 5.97 Å². The largest absolute Gasteiger partial charge is 0.465 e. The highest BCUT2D eigenvalue weighted by Crippen LogP contribution is 2.12. The smallest absolute Gasteiger partial charge is 0.337 e. The SMILES string of the molecule is COC(=O)c1ccc(NC(=O)Cc2nonc2N)cc1. The van der Waals surface area contributed by atoms with Crippen LogP contribution in [0.3, 0.4) is 0 Å². The molecule has 0 fully saturated rings. The molecule has 1 amide bonds. The molecule has 8 heteroatoms. The van der Waals surface area contributed by atoms with Crippen molar-refractivity contribution in [3.63, 3.8) is 0 Å². The van der Waals surface area contributed by atoms with Gasteiger partial charge < -0.3 is 15.8 Å². The zero-order valence-electron chi connectivity index (χ0n) is 10.6. The molecule has 2 rings (SSSR count). The van der Waals surface area contributed by atoms with Crippen LogP contribution in [0.15, 0.2) is 28.9 Å². The zero-order valence-corrected chi connectivity index (χ0v) is 10.6. The molecule has 0 saturated heterocycles. The maximum Gasteiger partial charge on any atom is 0.337 e. The Hall–Kier alpha value is -2.90. The number of carbonyl (C=O) groups is 2. The van der Waals surface area contributed by atoms with Crippen LogP contribution in [0.25, 0.3) is 0 Å². The number of rotatable bonds is 4. The van der Waals surface area contributed by atoms with Crippen LogP contribution in [0.5, 0.6) is 0 Å². The lowest BCUT2D eigenvalue weighted by Gasteiger charge is -2.05.